The summed E-state index contributed by atoms with van der Waals surface area (Å²) in [6.45, 7) is 0. The normalized spacial score (nSPS) is 38.3. The van der Waals surface area contributed by atoms with E-state index in [1.54, 1.807) is 0 Å². The predicted molar refractivity (Wildman–Crippen MR) is 83.8 cm³/mol. The molecule has 0 spiro atoms. The first-order valence-electron chi connectivity index (χ1n) is 7.41. The zero-order valence-corrected chi connectivity index (χ0v) is 13.4. The topological polar surface area (TPSA) is 74.7 Å². The highest BCUT2D eigenvalue weighted by molar-refractivity contribution is 6.32. The van der Waals surface area contributed by atoms with Crippen molar-refractivity contribution in [2.45, 2.75) is 17.2 Å². The smallest absolute Gasteiger partial charge is 0.335 e. The van der Waals surface area contributed by atoms with Crippen LogP contribution in [-0.2, 0) is 9.59 Å². The highest BCUT2D eigenvalue weighted by Crippen LogP contribution is 2.59. The number of carboxylic acids is 1. The zero-order chi connectivity index (χ0) is 16.5. The first kappa shape index (κ1) is 15.0. The Balaban J connectivity index is 1.68. The lowest BCUT2D eigenvalue weighted by Gasteiger charge is -2.28. The molecule has 6 atom stereocenters. The summed E-state index contributed by atoms with van der Waals surface area (Å²) in [5.74, 6) is -2.47. The summed E-state index contributed by atoms with van der Waals surface area (Å²) >= 11 is 12.6. The van der Waals surface area contributed by atoms with Crippen molar-refractivity contribution in [2.75, 3.05) is 4.90 Å². The fourth-order valence-corrected chi connectivity index (χ4v) is 5.25. The molecule has 3 aliphatic rings. The molecule has 0 aromatic heterocycles. The quantitative estimate of drug-likeness (QED) is 0.654. The Morgan fingerprint density at radius 2 is 1.48 bits per heavy atom. The van der Waals surface area contributed by atoms with Gasteiger partial charge in [0.05, 0.1) is 33.8 Å². The second-order valence-electron chi connectivity index (χ2n) is 6.37. The van der Waals surface area contributed by atoms with Crippen molar-refractivity contribution in [1.82, 2.24) is 0 Å². The van der Waals surface area contributed by atoms with Gasteiger partial charge < -0.3 is 5.11 Å². The molecule has 5 nitrogen and oxygen atoms in total. The van der Waals surface area contributed by atoms with Crippen LogP contribution < -0.4 is 4.90 Å². The summed E-state index contributed by atoms with van der Waals surface area (Å²) in [4.78, 5) is 37.6. The lowest BCUT2D eigenvalue weighted by atomic mass is 9.80. The molecule has 1 N–H and O–H groups in total. The number of anilines is 1. The van der Waals surface area contributed by atoms with Gasteiger partial charge in [-0.25, -0.2) is 4.79 Å². The largest absolute Gasteiger partial charge is 0.478 e. The van der Waals surface area contributed by atoms with Crippen molar-refractivity contribution < 1.29 is 19.5 Å². The van der Waals surface area contributed by atoms with Crippen molar-refractivity contribution in [3.8, 4) is 0 Å². The van der Waals surface area contributed by atoms with Gasteiger partial charge in [-0.2, -0.15) is 0 Å². The van der Waals surface area contributed by atoms with Crippen LogP contribution in [0.15, 0.2) is 24.3 Å². The van der Waals surface area contributed by atoms with E-state index in [0.29, 0.717) is 5.69 Å². The van der Waals surface area contributed by atoms with E-state index in [1.807, 2.05) is 0 Å². The maximum Gasteiger partial charge on any atom is 0.335 e. The van der Waals surface area contributed by atoms with E-state index >= 15 is 0 Å². The lowest BCUT2D eigenvalue weighted by Crippen LogP contribution is -2.37. The number of nitrogens with zero attached hydrogens (tertiary/aromatic N) is 1. The highest BCUT2D eigenvalue weighted by Gasteiger charge is 2.66. The van der Waals surface area contributed by atoms with Crippen molar-refractivity contribution >= 4 is 46.7 Å². The van der Waals surface area contributed by atoms with Crippen molar-refractivity contribution in [3.63, 3.8) is 0 Å². The monoisotopic (exact) mass is 353 g/mol. The molecular formula is C16H13Cl2NO4. The van der Waals surface area contributed by atoms with E-state index in [0.717, 1.165) is 6.42 Å². The van der Waals surface area contributed by atoms with Gasteiger partial charge in [0.25, 0.3) is 0 Å². The highest BCUT2D eigenvalue weighted by atomic mass is 35.5. The van der Waals surface area contributed by atoms with Gasteiger partial charge in [0.1, 0.15) is 0 Å². The van der Waals surface area contributed by atoms with E-state index in [4.69, 9.17) is 28.3 Å². The minimum absolute atomic E-state index is 0.0612. The molecule has 2 saturated carbocycles. The molecule has 0 unspecified atom stereocenters. The predicted octanol–water partition coefficient (Wildman–Crippen LogP) is 2.35. The molecular weight excluding hydrogens is 341 g/mol. The standard InChI is InChI=1S/C16H13Cl2NO4/c17-12-8-5-9(13(12)18)11-10(8)14(20)19(15(11)21)7-3-1-6(2-4-7)16(22)23/h1-4,8-13H,5H2,(H,22,23)/t8-,9-,10-,11+,12+,13+/m1/s1. The Labute approximate surface area is 142 Å². The van der Waals surface area contributed by atoms with Gasteiger partial charge in [0.2, 0.25) is 11.8 Å². The molecule has 7 heteroatoms. The molecule has 0 radical (unpaired) electrons. The van der Waals surface area contributed by atoms with E-state index in [1.165, 1.54) is 29.2 Å². The maximum atomic E-state index is 12.7. The summed E-state index contributed by atoms with van der Waals surface area (Å²) < 4.78 is 0. The number of carboxylic acid groups (broad SMARTS) is 1. The Morgan fingerprint density at radius 3 is 1.91 bits per heavy atom. The van der Waals surface area contributed by atoms with Gasteiger partial charge in [-0.15, -0.1) is 23.2 Å². The number of carbonyl (C=O) groups excluding carboxylic acids is 2. The van der Waals surface area contributed by atoms with Crippen LogP contribution in [0.25, 0.3) is 0 Å². The number of fused-ring (bicyclic) bond motifs is 5. The number of carbonyl (C=O) groups is 3. The third kappa shape index (κ3) is 1.90. The van der Waals surface area contributed by atoms with Crippen LogP contribution in [0.2, 0.25) is 0 Å². The average molecular weight is 354 g/mol. The molecule has 1 aromatic rings. The summed E-state index contributed by atoms with van der Waals surface area (Å²) in [6, 6.07) is 5.74. The van der Waals surface area contributed by atoms with Crippen LogP contribution >= 0.6 is 23.2 Å². The third-order valence-corrected chi connectivity index (χ3v) is 6.68. The minimum Gasteiger partial charge on any atom is -0.478 e. The zero-order valence-electron chi connectivity index (χ0n) is 11.9. The maximum absolute atomic E-state index is 12.7. The molecule has 2 amide bonds. The number of rotatable bonds is 2. The molecule has 23 heavy (non-hydrogen) atoms. The molecule has 1 aromatic carbocycles. The van der Waals surface area contributed by atoms with E-state index < -0.39 is 17.8 Å². The third-order valence-electron chi connectivity index (χ3n) is 5.36. The Kier molecular flexibility index (Phi) is 3.22. The van der Waals surface area contributed by atoms with Crippen LogP contribution in [0.4, 0.5) is 5.69 Å². The Morgan fingerprint density at radius 1 is 1.00 bits per heavy atom. The molecule has 3 fully saturated rings. The number of alkyl halides is 2. The fraction of sp³-hybridized carbons (Fsp3) is 0.438. The second-order valence-corrected chi connectivity index (χ2v) is 7.38. The molecule has 1 aliphatic heterocycles. The van der Waals surface area contributed by atoms with Crippen molar-refractivity contribution in [2.24, 2.45) is 23.7 Å². The fourth-order valence-electron chi connectivity index (χ4n) is 4.36. The average Bonchev–Trinajstić information content (AvgIpc) is 3.12. The first-order valence-corrected chi connectivity index (χ1v) is 8.28. The van der Waals surface area contributed by atoms with Gasteiger partial charge in [0.15, 0.2) is 0 Å². The molecule has 1 saturated heterocycles. The van der Waals surface area contributed by atoms with Gasteiger partial charge in [0, 0.05) is 0 Å². The molecule has 4 rings (SSSR count). The lowest BCUT2D eigenvalue weighted by molar-refractivity contribution is -0.123. The number of hydrogen-bond acceptors (Lipinski definition) is 3. The number of aromatic carboxylic acids is 1. The minimum atomic E-state index is -1.06. The van der Waals surface area contributed by atoms with E-state index in [9.17, 15) is 14.4 Å². The SMILES string of the molecule is O=C(O)c1ccc(N2C(=O)[C@@H]3[C@H]4C[C@@H]([C@H](Cl)[C@H]4Cl)[C@@H]3C2=O)cc1. The van der Waals surface area contributed by atoms with Crippen molar-refractivity contribution in [3.05, 3.63) is 29.8 Å². The number of amides is 2. The Bertz CT molecular complexity index is 687. The van der Waals surface area contributed by atoms with Gasteiger partial charge >= 0.3 is 5.97 Å². The van der Waals surface area contributed by atoms with Gasteiger partial charge in [-0.3, -0.25) is 14.5 Å². The van der Waals surface area contributed by atoms with Crippen LogP contribution in [0.1, 0.15) is 16.8 Å². The molecule has 2 aliphatic carbocycles. The molecule has 120 valence electrons. The summed E-state index contributed by atoms with van der Waals surface area (Å²) in [5, 5.41) is 8.37. The van der Waals surface area contributed by atoms with E-state index in [-0.39, 0.29) is 40.0 Å². The number of halogens is 2. The summed E-state index contributed by atoms with van der Waals surface area (Å²) in [6.07, 6.45) is 0.723. The summed E-state index contributed by atoms with van der Waals surface area (Å²) in [7, 11) is 0. The number of imide groups is 1. The molecule has 2 bridgehead atoms. The Hall–Kier alpha value is -1.59. The molecule has 1 heterocycles. The van der Waals surface area contributed by atoms with Crippen LogP contribution in [0.5, 0.6) is 0 Å². The second kappa shape index (κ2) is 4.95. The van der Waals surface area contributed by atoms with Gasteiger partial charge in [-0.1, -0.05) is 0 Å². The van der Waals surface area contributed by atoms with Crippen LogP contribution in [-0.4, -0.2) is 33.6 Å². The van der Waals surface area contributed by atoms with Crippen LogP contribution in [0, 0.1) is 23.7 Å². The van der Waals surface area contributed by atoms with E-state index in [2.05, 4.69) is 0 Å². The van der Waals surface area contributed by atoms with Crippen molar-refractivity contribution in [1.29, 1.82) is 0 Å². The number of benzene rings is 1. The van der Waals surface area contributed by atoms with Gasteiger partial charge in [-0.05, 0) is 42.5 Å². The van der Waals surface area contributed by atoms with Crippen LogP contribution in [0.3, 0.4) is 0 Å². The summed E-state index contributed by atoms with van der Waals surface area (Å²) in [5.41, 5.74) is 0.505. The first-order chi connectivity index (χ1) is 10.9. The number of hydrogen-bond donors (Lipinski definition) is 1.